The molecular weight excluding hydrogens is 271 g/mol. The molecule has 0 aliphatic heterocycles. The molecule has 1 aliphatic carbocycles. The molecule has 0 spiro atoms. The van der Waals surface area contributed by atoms with Crippen LogP contribution in [0.15, 0.2) is 12.3 Å². The van der Waals surface area contributed by atoms with Crippen LogP contribution < -0.4 is 0 Å². The number of hydrogen-bond acceptors (Lipinski definition) is 3. The Morgan fingerprint density at radius 1 is 1.33 bits per heavy atom. The number of rotatable bonds is 5. The van der Waals surface area contributed by atoms with Gasteiger partial charge in [0.2, 0.25) is 0 Å². The van der Waals surface area contributed by atoms with E-state index < -0.39 is 0 Å². The molecule has 0 atom stereocenters. The average molecular weight is 289 g/mol. The van der Waals surface area contributed by atoms with Gasteiger partial charge in [-0.2, -0.15) is 0 Å². The summed E-state index contributed by atoms with van der Waals surface area (Å²) in [5.41, 5.74) is 0.974. The van der Waals surface area contributed by atoms with Crippen molar-refractivity contribution in [2.75, 3.05) is 13.2 Å². The fourth-order valence-corrected chi connectivity index (χ4v) is 2.99. The maximum atomic E-state index is 9.18. The van der Waals surface area contributed by atoms with Gasteiger partial charge in [0.25, 0.3) is 0 Å². The van der Waals surface area contributed by atoms with Gasteiger partial charge >= 0.3 is 0 Å². The minimum Gasteiger partial charge on any atom is -0.395 e. The Balaban J connectivity index is 2.07. The molecule has 100 valence electrons. The first-order valence-corrected chi connectivity index (χ1v) is 7.11. The summed E-state index contributed by atoms with van der Waals surface area (Å²) < 4.78 is 0. The van der Waals surface area contributed by atoms with Crippen molar-refractivity contribution in [2.45, 2.75) is 38.3 Å². The Morgan fingerprint density at radius 2 is 2.06 bits per heavy atom. The topological polar surface area (TPSA) is 36.4 Å². The number of aliphatic hydroxyl groups is 1. The van der Waals surface area contributed by atoms with Crippen LogP contribution in [-0.4, -0.2) is 34.2 Å². The standard InChI is InChI=1S/C13H18Cl2N2O/c14-12-7-13(15)16-8-10(12)9-17(5-6-18)11-3-1-2-4-11/h7-8,11,18H,1-6,9H2. The first kappa shape index (κ1) is 14.1. The third-order valence-electron chi connectivity index (χ3n) is 3.50. The van der Waals surface area contributed by atoms with Crippen molar-refractivity contribution in [1.82, 2.24) is 9.88 Å². The summed E-state index contributed by atoms with van der Waals surface area (Å²) in [7, 11) is 0. The normalized spacial score (nSPS) is 16.7. The summed E-state index contributed by atoms with van der Waals surface area (Å²) in [6.45, 7) is 1.59. The van der Waals surface area contributed by atoms with E-state index >= 15 is 0 Å². The van der Waals surface area contributed by atoms with Gasteiger partial charge in [-0.15, -0.1) is 0 Å². The molecule has 0 aromatic carbocycles. The highest BCUT2D eigenvalue weighted by molar-refractivity contribution is 6.34. The van der Waals surface area contributed by atoms with E-state index in [0.717, 1.165) is 12.1 Å². The molecule has 0 saturated heterocycles. The lowest BCUT2D eigenvalue weighted by Crippen LogP contribution is -2.35. The molecular formula is C13H18Cl2N2O. The second kappa shape index (κ2) is 6.71. The molecule has 0 bridgehead atoms. The number of hydrogen-bond donors (Lipinski definition) is 1. The van der Waals surface area contributed by atoms with Crippen molar-refractivity contribution in [3.05, 3.63) is 28.0 Å². The molecule has 1 aliphatic rings. The van der Waals surface area contributed by atoms with Gasteiger partial charge in [0.15, 0.2) is 0 Å². The van der Waals surface area contributed by atoms with Gasteiger partial charge in [0.05, 0.1) is 6.61 Å². The molecule has 1 saturated carbocycles. The Morgan fingerprint density at radius 3 is 2.67 bits per heavy atom. The van der Waals surface area contributed by atoms with E-state index in [4.69, 9.17) is 23.2 Å². The SMILES string of the molecule is OCCN(Cc1cnc(Cl)cc1Cl)C1CCCC1. The zero-order valence-electron chi connectivity index (χ0n) is 10.3. The molecule has 0 amide bonds. The van der Waals surface area contributed by atoms with Gasteiger partial charge in [-0.05, 0) is 18.9 Å². The highest BCUT2D eigenvalue weighted by Crippen LogP contribution is 2.27. The Bertz CT molecular complexity index is 395. The first-order chi connectivity index (χ1) is 8.70. The van der Waals surface area contributed by atoms with Crippen LogP contribution in [0.25, 0.3) is 0 Å². The van der Waals surface area contributed by atoms with Crippen LogP contribution in [0, 0.1) is 0 Å². The maximum absolute atomic E-state index is 9.18. The van der Waals surface area contributed by atoms with Gasteiger partial charge in [0.1, 0.15) is 5.15 Å². The van der Waals surface area contributed by atoms with Crippen LogP contribution >= 0.6 is 23.2 Å². The molecule has 3 nitrogen and oxygen atoms in total. The largest absolute Gasteiger partial charge is 0.395 e. The average Bonchev–Trinajstić information content (AvgIpc) is 2.85. The van der Waals surface area contributed by atoms with Crippen molar-refractivity contribution in [2.24, 2.45) is 0 Å². The lowest BCUT2D eigenvalue weighted by atomic mass is 10.1. The predicted molar refractivity (Wildman–Crippen MR) is 74.0 cm³/mol. The third-order valence-corrected chi connectivity index (χ3v) is 4.06. The molecule has 5 heteroatoms. The summed E-state index contributed by atoms with van der Waals surface area (Å²) in [6, 6.07) is 2.23. The van der Waals surface area contributed by atoms with Crippen molar-refractivity contribution in [3.63, 3.8) is 0 Å². The monoisotopic (exact) mass is 288 g/mol. The van der Waals surface area contributed by atoms with E-state index in [9.17, 15) is 5.11 Å². The molecule has 1 aromatic heterocycles. The summed E-state index contributed by atoms with van der Waals surface area (Å²) in [5.74, 6) is 0. The number of nitrogens with zero attached hydrogens (tertiary/aromatic N) is 2. The van der Waals surface area contributed by atoms with Gasteiger partial charge in [-0.1, -0.05) is 36.0 Å². The molecule has 1 N–H and O–H groups in total. The summed E-state index contributed by atoms with van der Waals surface area (Å²) in [6.07, 6.45) is 6.69. The van der Waals surface area contributed by atoms with Gasteiger partial charge in [-0.25, -0.2) is 4.98 Å². The van der Waals surface area contributed by atoms with Crippen molar-refractivity contribution in [3.8, 4) is 0 Å². The lowest BCUT2D eigenvalue weighted by Gasteiger charge is -2.28. The summed E-state index contributed by atoms with van der Waals surface area (Å²) >= 11 is 12.0. The minimum atomic E-state index is 0.176. The quantitative estimate of drug-likeness (QED) is 0.846. The summed E-state index contributed by atoms with van der Waals surface area (Å²) in [5, 5.41) is 10.2. The predicted octanol–water partition coefficient (Wildman–Crippen LogP) is 3.13. The van der Waals surface area contributed by atoms with Crippen LogP contribution in [0.3, 0.4) is 0 Å². The second-order valence-corrected chi connectivity index (χ2v) is 5.53. The van der Waals surface area contributed by atoms with Crippen molar-refractivity contribution < 1.29 is 5.11 Å². The van der Waals surface area contributed by atoms with E-state index in [1.807, 2.05) is 0 Å². The van der Waals surface area contributed by atoms with Gasteiger partial charge in [0, 0.05) is 35.9 Å². The Kier molecular flexibility index (Phi) is 5.25. The number of aromatic nitrogens is 1. The highest BCUT2D eigenvalue weighted by Gasteiger charge is 2.22. The van der Waals surface area contributed by atoms with Crippen molar-refractivity contribution >= 4 is 23.2 Å². The second-order valence-electron chi connectivity index (χ2n) is 4.73. The van der Waals surface area contributed by atoms with E-state index in [1.165, 1.54) is 25.7 Å². The van der Waals surface area contributed by atoms with E-state index in [0.29, 0.717) is 22.8 Å². The molecule has 2 rings (SSSR count). The fraction of sp³-hybridized carbons (Fsp3) is 0.615. The molecule has 18 heavy (non-hydrogen) atoms. The Labute approximate surface area is 118 Å². The number of halogens is 2. The minimum absolute atomic E-state index is 0.176. The van der Waals surface area contributed by atoms with E-state index in [-0.39, 0.29) is 6.61 Å². The van der Waals surface area contributed by atoms with Crippen LogP contribution in [0.1, 0.15) is 31.2 Å². The maximum Gasteiger partial charge on any atom is 0.130 e. The highest BCUT2D eigenvalue weighted by atomic mass is 35.5. The van der Waals surface area contributed by atoms with Crippen LogP contribution in [0.5, 0.6) is 0 Å². The van der Waals surface area contributed by atoms with E-state index in [1.54, 1.807) is 12.3 Å². The zero-order chi connectivity index (χ0) is 13.0. The molecule has 1 heterocycles. The number of pyridine rings is 1. The van der Waals surface area contributed by atoms with Gasteiger partial charge < -0.3 is 5.11 Å². The third kappa shape index (κ3) is 3.58. The van der Waals surface area contributed by atoms with Crippen LogP contribution in [0.2, 0.25) is 10.2 Å². The number of aliphatic hydroxyl groups excluding tert-OH is 1. The smallest absolute Gasteiger partial charge is 0.130 e. The fourth-order valence-electron chi connectivity index (χ4n) is 2.56. The van der Waals surface area contributed by atoms with Gasteiger partial charge in [-0.3, -0.25) is 4.90 Å². The lowest BCUT2D eigenvalue weighted by molar-refractivity contribution is 0.144. The molecule has 1 aromatic rings. The van der Waals surface area contributed by atoms with Crippen LogP contribution in [-0.2, 0) is 6.54 Å². The molecule has 1 fully saturated rings. The van der Waals surface area contributed by atoms with Crippen LogP contribution in [0.4, 0.5) is 0 Å². The first-order valence-electron chi connectivity index (χ1n) is 6.35. The van der Waals surface area contributed by atoms with Crippen molar-refractivity contribution in [1.29, 1.82) is 0 Å². The Hall–Kier alpha value is -0.350. The zero-order valence-corrected chi connectivity index (χ0v) is 11.8. The van der Waals surface area contributed by atoms with E-state index in [2.05, 4.69) is 9.88 Å². The summed E-state index contributed by atoms with van der Waals surface area (Å²) in [4.78, 5) is 6.37. The molecule has 0 radical (unpaired) electrons. The molecule has 0 unspecified atom stereocenters.